The van der Waals surface area contributed by atoms with E-state index in [1.54, 1.807) is 6.07 Å². The zero-order chi connectivity index (χ0) is 18.5. The number of halogens is 2. The van der Waals surface area contributed by atoms with Gasteiger partial charge in [-0.25, -0.2) is 0 Å². The fourth-order valence-corrected chi connectivity index (χ4v) is 3.62. The predicted octanol–water partition coefficient (Wildman–Crippen LogP) is 1.66. The van der Waals surface area contributed by atoms with Gasteiger partial charge in [-0.1, -0.05) is 35.3 Å². The van der Waals surface area contributed by atoms with E-state index >= 15 is 0 Å². The second-order valence-corrected chi connectivity index (χ2v) is 7.40. The SMILES string of the molecule is O=C(CNC(=O)C1CC1c1cccc(Cl)c1Cl)NCCN1CCOCC1. The maximum Gasteiger partial charge on any atom is 0.239 e. The largest absolute Gasteiger partial charge is 0.379 e. The van der Waals surface area contributed by atoms with E-state index in [2.05, 4.69) is 15.5 Å². The van der Waals surface area contributed by atoms with E-state index in [1.165, 1.54) is 0 Å². The van der Waals surface area contributed by atoms with Crippen molar-refractivity contribution in [3.8, 4) is 0 Å². The molecule has 0 radical (unpaired) electrons. The molecule has 0 bridgehead atoms. The molecule has 0 aromatic heterocycles. The number of hydrogen-bond donors (Lipinski definition) is 2. The second-order valence-electron chi connectivity index (χ2n) is 6.61. The van der Waals surface area contributed by atoms with Crippen LogP contribution in [-0.4, -0.2) is 62.7 Å². The number of ether oxygens (including phenoxy) is 1. The Morgan fingerprint density at radius 2 is 1.96 bits per heavy atom. The van der Waals surface area contributed by atoms with Gasteiger partial charge >= 0.3 is 0 Å². The number of morpholine rings is 1. The molecule has 0 spiro atoms. The van der Waals surface area contributed by atoms with E-state index in [-0.39, 0.29) is 30.2 Å². The summed E-state index contributed by atoms with van der Waals surface area (Å²) < 4.78 is 5.28. The van der Waals surface area contributed by atoms with Crippen molar-refractivity contribution in [3.05, 3.63) is 33.8 Å². The van der Waals surface area contributed by atoms with Gasteiger partial charge in [0.25, 0.3) is 0 Å². The highest BCUT2D eigenvalue weighted by molar-refractivity contribution is 6.42. The lowest BCUT2D eigenvalue weighted by Gasteiger charge is -2.26. The number of carbonyl (C=O) groups is 2. The quantitative estimate of drug-likeness (QED) is 0.731. The van der Waals surface area contributed by atoms with Crippen molar-refractivity contribution in [2.45, 2.75) is 12.3 Å². The number of rotatable bonds is 7. The first-order valence-corrected chi connectivity index (χ1v) is 9.60. The highest BCUT2D eigenvalue weighted by Gasteiger charge is 2.45. The molecule has 3 rings (SSSR count). The van der Waals surface area contributed by atoms with Crippen LogP contribution in [0.1, 0.15) is 17.9 Å². The van der Waals surface area contributed by atoms with Crippen molar-refractivity contribution in [2.24, 2.45) is 5.92 Å². The lowest BCUT2D eigenvalue weighted by Crippen LogP contribution is -2.43. The fraction of sp³-hybridized carbons (Fsp3) is 0.556. The van der Waals surface area contributed by atoms with Crippen LogP contribution < -0.4 is 10.6 Å². The molecule has 2 N–H and O–H groups in total. The molecule has 1 aromatic carbocycles. The van der Waals surface area contributed by atoms with Gasteiger partial charge in [0.1, 0.15) is 0 Å². The highest BCUT2D eigenvalue weighted by Crippen LogP contribution is 2.50. The predicted molar refractivity (Wildman–Crippen MR) is 101 cm³/mol. The van der Waals surface area contributed by atoms with Gasteiger partial charge in [-0.05, 0) is 24.0 Å². The summed E-state index contributed by atoms with van der Waals surface area (Å²) >= 11 is 12.2. The van der Waals surface area contributed by atoms with E-state index in [0.717, 1.165) is 44.8 Å². The van der Waals surface area contributed by atoms with Crippen molar-refractivity contribution in [1.82, 2.24) is 15.5 Å². The molecule has 2 fully saturated rings. The van der Waals surface area contributed by atoms with Crippen molar-refractivity contribution < 1.29 is 14.3 Å². The third-order valence-electron chi connectivity index (χ3n) is 4.79. The van der Waals surface area contributed by atoms with Gasteiger partial charge in [-0.2, -0.15) is 0 Å². The molecule has 8 heteroatoms. The first-order valence-electron chi connectivity index (χ1n) is 8.84. The van der Waals surface area contributed by atoms with E-state index in [1.807, 2.05) is 12.1 Å². The average Bonchev–Trinajstić information content (AvgIpc) is 3.43. The number of hydrogen-bond acceptors (Lipinski definition) is 4. The van der Waals surface area contributed by atoms with Crippen LogP contribution in [0, 0.1) is 5.92 Å². The molecule has 2 atom stereocenters. The standard InChI is InChI=1S/C18H23Cl2N3O3/c19-15-3-1-2-12(17(15)20)13-10-14(13)18(25)22-11-16(24)21-4-5-23-6-8-26-9-7-23/h1-3,13-14H,4-11H2,(H,21,24)(H,22,25). The Balaban J connectivity index is 1.35. The van der Waals surface area contributed by atoms with Crippen LogP contribution in [0.25, 0.3) is 0 Å². The van der Waals surface area contributed by atoms with Gasteiger partial charge in [-0.3, -0.25) is 14.5 Å². The monoisotopic (exact) mass is 399 g/mol. The summed E-state index contributed by atoms with van der Waals surface area (Å²) in [5, 5.41) is 6.54. The molecule has 2 amide bonds. The normalized spacial score (nSPS) is 22.7. The average molecular weight is 400 g/mol. The number of nitrogens with zero attached hydrogens (tertiary/aromatic N) is 1. The molecule has 2 unspecified atom stereocenters. The molecule has 142 valence electrons. The summed E-state index contributed by atoms with van der Waals surface area (Å²) in [6, 6.07) is 5.45. The van der Waals surface area contributed by atoms with E-state index in [0.29, 0.717) is 16.6 Å². The summed E-state index contributed by atoms with van der Waals surface area (Å²) in [6.45, 7) is 4.62. The Kier molecular flexibility index (Phi) is 6.75. The third kappa shape index (κ3) is 5.10. The Labute approximate surface area is 163 Å². The number of nitrogens with one attached hydrogen (secondary N) is 2. The first kappa shape index (κ1) is 19.4. The van der Waals surface area contributed by atoms with Crippen LogP contribution >= 0.6 is 23.2 Å². The Morgan fingerprint density at radius 1 is 1.19 bits per heavy atom. The lowest BCUT2D eigenvalue weighted by atomic mass is 10.1. The first-order chi connectivity index (χ1) is 12.6. The van der Waals surface area contributed by atoms with Crippen molar-refractivity contribution in [2.75, 3.05) is 45.9 Å². The third-order valence-corrected chi connectivity index (χ3v) is 5.62. The van der Waals surface area contributed by atoms with Crippen LogP contribution in [0.3, 0.4) is 0 Å². The molecule has 1 aliphatic carbocycles. The molecule has 26 heavy (non-hydrogen) atoms. The molecular weight excluding hydrogens is 377 g/mol. The zero-order valence-corrected chi connectivity index (χ0v) is 16.0. The highest BCUT2D eigenvalue weighted by atomic mass is 35.5. The number of benzene rings is 1. The van der Waals surface area contributed by atoms with Crippen LogP contribution in [0.15, 0.2) is 18.2 Å². The van der Waals surface area contributed by atoms with Crippen molar-refractivity contribution in [1.29, 1.82) is 0 Å². The second kappa shape index (κ2) is 9.04. The van der Waals surface area contributed by atoms with Crippen LogP contribution in [0.4, 0.5) is 0 Å². The minimum atomic E-state index is -0.176. The van der Waals surface area contributed by atoms with Crippen molar-refractivity contribution in [3.63, 3.8) is 0 Å². The number of carbonyl (C=O) groups excluding carboxylic acids is 2. The maximum atomic E-state index is 12.2. The van der Waals surface area contributed by atoms with Crippen molar-refractivity contribution >= 4 is 35.0 Å². The minimum absolute atomic E-state index is 0.00551. The molecular formula is C18H23Cl2N3O3. The van der Waals surface area contributed by atoms with Gasteiger partial charge < -0.3 is 15.4 Å². The molecule has 6 nitrogen and oxygen atoms in total. The van der Waals surface area contributed by atoms with Gasteiger partial charge in [0.05, 0.1) is 29.8 Å². The van der Waals surface area contributed by atoms with Crippen LogP contribution in [-0.2, 0) is 14.3 Å². The number of amides is 2. The summed E-state index contributed by atoms with van der Waals surface area (Å²) in [6.07, 6.45) is 0.727. The van der Waals surface area contributed by atoms with Gasteiger partial charge in [0.2, 0.25) is 11.8 Å². The maximum absolute atomic E-state index is 12.2. The molecule has 1 heterocycles. The molecule has 1 saturated heterocycles. The summed E-state index contributed by atoms with van der Waals surface area (Å²) in [7, 11) is 0. The Hall–Kier alpha value is -1.34. The molecule has 2 aliphatic rings. The smallest absolute Gasteiger partial charge is 0.239 e. The minimum Gasteiger partial charge on any atom is -0.379 e. The Morgan fingerprint density at radius 3 is 2.73 bits per heavy atom. The topological polar surface area (TPSA) is 70.7 Å². The van der Waals surface area contributed by atoms with E-state index < -0.39 is 0 Å². The molecule has 1 saturated carbocycles. The van der Waals surface area contributed by atoms with Crippen LogP contribution in [0.2, 0.25) is 10.0 Å². The fourth-order valence-electron chi connectivity index (χ4n) is 3.17. The zero-order valence-electron chi connectivity index (χ0n) is 14.5. The van der Waals surface area contributed by atoms with E-state index in [9.17, 15) is 9.59 Å². The van der Waals surface area contributed by atoms with Gasteiger partial charge in [0, 0.05) is 32.1 Å². The summed E-state index contributed by atoms with van der Waals surface area (Å²) in [5.74, 6) is -0.364. The summed E-state index contributed by atoms with van der Waals surface area (Å²) in [4.78, 5) is 26.3. The van der Waals surface area contributed by atoms with Crippen LogP contribution in [0.5, 0.6) is 0 Å². The molecule has 1 aromatic rings. The Bertz CT molecular complexity index is 665. The molecule has 1 aliphatic heterocycles. The van der Waals surface area contributed by atoms with Gasteiger partial charge in [-0.15, -0.1) is 0 Å². The lowest BCUT2D eigenvalue weighted by molar-refractivity contribution is -0.126. The van der Waals surface area contributed by atoms with Gasteiger partial charge in [0.15, 0.2) is 0 Å². The summed E-state index contributed by atoms with van der Waals surface area (Å²) in [5.41, 5.74) is 0.897. The van der Waals surface area contributed by atoms with E-state index in [4.69, 9.17) is 27.9 Å².